The van der Waals surface area contributed by atoms with Crippen LogP contribution in [0.5, 0.6) is 0 Å². The molecule has 0 unspecified atom stereocenters. The third-order valence-corrected chi connectivity index (χ3v) is 8.58. The largest absolute Gasteiger partial charge is 0.357 e. The molecule has 0 atom stereocenters. The predicted molar refractivity (Wildman–Crippen MR) is 132 cm³/mol. The van der Waals surface area contributed by atoms with Crippen LogP contribution in [0.4, 0.5) is 15.9 Å². The Morgan fingerprint density at radius 1 is 1.06 bits per heavy atom. The normalized spacial score (nSPS) is 17.2. The minimum atomic E-state index is -3.55. The maximum absolute atomic E-state index is 13.3. The van der Waals surface area contributed by atoms with E-state index in [9.17, 15) is 17.6 Å². The number of rotatable bonds is 8. The number of sulfonamides is 1. The molecule has 1 amide bonds. The lowest BCUT2D eigenvalue weighted by atomic mass is 9.95. The molecule has 2 fully saturated rings. The number of amides is 1. The Morgan fingerprint density at radius 3 is 2.32 bits per heavy atom. The molecule has 0 bridgehead atoms. The first-order valence-electron chi connectivity index (χ1n) is 12.1. The van der Waals surface area contributed by atoms with Gasteiger partial charge in [0.2, 0.25) is 15.9 Å². The number of benzene rings is 1. The topological polar surface area (TPSA) is 73.8 Å². The highest BCUT2D eigenvalue weighted by atomic mass is 32.2. The fraction of sp³-hybridized carbons (Fsp3) is 0.520. The molecule has 2 aliphatic rings. The van der Waals surface area contributed by atoms with Crippen molar-refractivity contribution in [1.82, 2.24) is 9.88 Å². The number of piperidine rings is 1. The first-order chi connectivity index (χ1) is 16.4. The molecule has 0 N–H and O–H groups in total. The van der Waals surface area contributed by atoms with E-state index in [1.54, 1.807) is 24.4 Å². The molecule has 7 nitrogen and oxygen atoms in total. The van der Waals surface area contributed by atoms with Crippen LogP contribution in [0.25, 0.3) is 0 Å². The number of hydrogen-bond donors (Lipinski definition) is 0. The van der Waals surface area contributed by atoms with Gasteiger partial charge in [0, 0.05) is 32.1 Å². The molecular weight excluding hydrogens is 455 g/mol. The van der Waals surface area contributed by atoms with Gasteiger partial charge in [0.25, 0.3) is 0 Å². The van der Waals surface area contributed by atoms with Crippen LogP contribution in [0.3, 0.4) is 0 Å². The van der Waals surface area contributed by atoms with Crippen LogP contribution < -0.4 is 9.21 Å². The molecule has 0 aliphatic carbocycles. The summed E-state index contributed by atoms with van der Waals surface area (Å²) in [6.45, 7) is 5.23. The summed E-state index contributed by atoms with van der Waals surface area (Å²) in [4.78, 5) is 21.4. The summed E-state index contributed by atoms with van der Waals surface area (Å²) in [7, 11) is -3.55. The summed E-state index contributed by atoms with van der Waals surface area (Å²) in [5.41, 5.74) is 1.19. The van der Waals surface area contributed by atoms with Gasteiger partial charge in [-0.15, -0.1) is 0 Å². The number of nitrogens with zero attached hydrogens (tertiary/aromatic N) is 4. The van der Waals surface area contributed by atoms with Gasteiger partial charge >= 0.3 is 0 Å². The summed E-state index contributed by atoms with van der Waals surface area (Å²) >= 11 is 0. The van der Waals surface area contributed by atoms with Crippen LogP contribution in [0.15, 0.2) is 42.6 Å². The van der Waals surface area contributed by atoms with Crippen LogP contribution in [0.1, 0.15) is 44.6 Å². The fourth-order valence-corrected chi connectivity index (χ4v) is 6.25. The van der Waals surface area contributed by atoms with Crippen molar-refractivity contribution in [2.24, 2.45) is 5.92 Å². The Hall–Kier alpha value is -2.68. The molecule has 1 aromatic heterocycles. The van der Waals surface area contributed by atoms with Crippen LogP contribution in [-0.4, -0.2) is 56.1 Å². The average molecular weight is 489 g/mol. The molecule has 2 saturated heterocycles. The molecule has 34 heavy (non-hydrogen) atoms. The van der Waals surface area contributed by atoms with Crippen molar-refractivity contribution in [3.05, 3.63) is 54.0 Å². The molecule has 0 radical (unpaired) electrons. The third kappa shape index (κ3) is 5.68. The summed E-state index contributed by atoms with van der Waals surface area (Å²) in [5.74, 6) is 0.820. The highest BCUT2D eigenvalue weighted by Gasteiger charge is 2.30. The summed E-state index contributed by atoms with van der Waals surface area (Å²) in [6.07, 6.45) is 5.91. The highest BCUT2D eigenvalue weighted by Crippen LogP contribution is 2.27. The van der Waals surface area contributed by atoms with E-state index in [1.165, 1.54) is 16.4 Å². The van der Waals surface area contributed by atoms with E-state index >= 15 is 0 Å². The van der Waals surface area contributed by atoms with Gasteiger partial charge in [-0.05, 0) is 61.9 Å². The van der Waals surface area contributed by atoms with E-state index in [1.807, 2.05) is 17.9 Å². The highest BCUT2D eigenvalue weighted by molar-refractivity contribution is 7.92. The molecule has 184 valence electrons. The molecular formula is C25H33FN4O3S. The Balaban J connectivity index is 1.44. The standard InChI is InChI=1S/C25H33FN4O3S/c1-2-17-34(32,33)30(19-20-5-7-22(26)8-6-20)23-9-10-24(27-18-23)28-15-11-21(12-16-28)25(31)29-13-3-4-14-29/h5-10,18,21H,2-4,11-17,19H2,1H3. The lowest BCUT2D eigenvalue weighted by Crippen LogP contribution is -2.42. The molecule has 0 saturated carbocycles. The Labute approximate surface area is 201 Å². The van der Waals surface area contributed by atoms with Crippen molar-refractivity contribution in [2.45, 2.75) is 45.6 Å². The molecule has 9 heteroatoms. The molecule has 4 rings (SSSR count). The van der Waals surface area contributed by atoms with E-state index < -0.39 is 10.0 Å². The number of carbonyl (C=O) groups is 1. The molecule has 2 aliphatic heterocycles. The number of likely N-dealkylation sites (tertiary alicyclic amines) is 1. The van der Waals surface area contributed by atoms with Gasteiger partial charge in [-0.2, -0.15) is 0 Å². The minimum Gasteiger partial charge on any atom is -0.357 e. The zero-order valence-electron chi connectivity index (χ0n) is 19.7. The summed E-state index contributed by atoms with van der Waals surface area (Å²) < 4.78 is 40.6. The first-order valence-corrected chi connectivity index (χ1v) is 13.7. The van der Waals surface area contributed by atoms with Gasteiger partial charge in [0.1, 0.15) is 11.6 Å². The van der Waals surface area contributed by atoms with E-state index in [2.05, 4.69) is 9.88 Å². The van der Waals surface area contributed by atoms with E-state index in [-0.39, 0.29) is 29.9 Å². The van der Waals surface area contributed by atoms with Gasteiger partial charge in [-0.25, -0.2) is 17.8 Å². The fourth-order valence-electron chi connectivity index (χ4n) is 4.74. The smallest absolute Gasteiger partial charge is 0.235 e. The second-order valence-corrected chi connectivity index (χ2v) is 11.1. The van der Waals surface area contributed by atoms with E-state index in [4.69, 9.17) is 0 Å². The van der Waals surface area contributed by atoms with Crippen molar-refractivity contribution in [2.75, 3.05) is 41.1 Å². The van der Waals surface area contributed by atoms with Crippen molar-refractivity contribution in [3.8, 4) is 0 Å². The lowest BCUT2D eigenvalue weighted by molar-refractivity contribution is -0.135. The van der Waals surface area contributed by atoms with Gasteiger partial charge in [-0.1, -0.05) is 19.1 Å². The maximum Gasteiger partial charge on any atom is 0.235 e. The van der Waals surface area contributed by atoms with Crippen molar-refractivity contribution >= 4 is 27.4 Å². The molecule has 1 aromatic carbocycles. The second kappa shape index (κ2) is 10.7. The number of aromatic nitrogens is 1. The summed E-state index contributed by atoms with van der Waals surface area (Å²) in [6, 6.07) is 9.48. The zero-order chi connectivity index (χ0) is 24.1. The number of anilines is 2. The van der Waals surface area contributed by atoms with Crippen LogP contribution >= 0.6 is 0 Å². The Morgan fingerprint density at radius 2 is 1.74 bits per heavy atom. The predicted octanol–water partition coefficient (Wildman–Crippen LogP) is 3.81. The van der Waals surface area contributed by atoms with Crippen molar-refractivity contribution in [1.29, 1.82) is 0 Å². The zero-order valence-corrected chi connectivity index (χ0v) is 20.5. The number of pyridine rings is 1. The van der Waals surface area contributed by atoms with E-state index in [0.717, 1.165) is 57.7 Å². The minimum absolute atomic E-state index is 0.0223. The first kappa shape index (κ1) is 24.4. The van der Waals surface area contributed by atoms with Crippen molar-refractivity contribution < 1.29 is 17.6 Å². The average Bonchev–Trinajstić information content (AvgIpc) is 3.38. The number of halogens is 1. The van der Waals surface area contributed by atoms with E-state index in [0.29, 0.717) is 17.7 Å². The third-order valence-electron chi connectivity index (χ3n) is 6.64. The summed E-state index contributed by atoms with van der Waals surface area (Å²) in [5, 5.41) is 0. The molecule has 0 spiro atoms. The van der Waals surface area contributed by atoms with Gasteiger partial charge in [-0.3, -0.25) is 9.10 Å². The monoisotopic (exact) mass is 488 g/mol. The quantitative estimate of drug-likeness (QED) is 0.565. The lowest BCUT2D eigenvalue weighted by Gasteiger charge is -2.34. The Kier molecular flexibility index (Phi) is 7.70. The molecule has 2 aromatic rings. The van der Waals surface area contributed by atoms with Gasteiger partial charge in [0.15, 0.2) is 0 Å². The second-order valence-electron chi connectivity index (χ2n) is 9.12. The van der Waals surface area contributed by atoms with Crippen LogP contribution in [0.2, 0.25) is 0 Å². The number of carbonyl (C=O) groups excluding carboxylic acids is 1. The van der Waals surface area contributed by atoms with Crippen LogP contribution in [-0.2, 0) is 21.4 Å². The SMILES string of the molecule is CCCS(=O)(=O)N(Cc1ccc(F)cc1)c1ccc(N2CCC(C(=O)N3CCCC3)CC2)nc1. The maximum atomic E-state index is 13.3. The number of hydrogen-bond acceptors (Lipinski definition) is 5. The van der Waals surface area contributed by atoms with Crippen molar-refractivity contribution in [3.63, 3.8) is 0 Å². The Bertz CT molecular complexity index is 1060. The van der Waals surface area contributed by atoms with Gasteiger partial charge < -0.3 is 9.80 Å². The van der Waals surface area contributed by atoms with Gasteiger partial charge in [0.05, 0.1) is 24.2 Å². The molecule has 3 heterocycles. The van der Waals surface area contributed by atoms with Crippen LogP contribution in [0, 0.1) is 11.7 Å².